The van der Waals surface area contributed by atoms with E-state index in [9.17, 15) is 9.18 Å². The lowest BCUT2D eigenvalue weighted by Crippen LogP contribution is -2.46. The monoisotopic (exact) mass is 454 g/mol. The smallest absolute Gasteiger partial charge is 0.416 e. The largest absolute Gasteiger partial charge is 0.443 e. The minimum Gasteiger partial charge on any atom is -0.443 e. The third kappa shape index (κ3) is 4.57. The summed E-state index contributed by atoms with van der Waals surface area (Å²) in [4.78, 5) is 15.9. The van der Waals surface area contributed by atoms with E-state index in [0.29, 0.717) is 22.8 Å². The molecule has 1 aliphatic rings. The average Bonchev–Trinajstić information content (AvgIpc) is 2.66. The minimum atomic E-state index is -0.691. The Balaban J connectivity index is 2.02. The minimum absolute atomic E-state index is 0.0765. The lowest BCUT2D eigenvalue weighted by molar-refractivity contribution is 0.0578. The molecule has 30 heavy (non-hydrogen) atoms. The van der Waals surface area contributed by atoms with Crippen LogP contribution in [0.2, 0.25) is 10.0 Å². The highest BCUT2D eigenvalue weighted by molar-refractivity contribution is 6.36. The second kappa shape index (κ2) is 8.23. The fraction of sp³-hybridized carbons (Fsp3) is 0.368. The van der Waals surface area contributed by atoms with Gasteiger partial charge in [-0.2, -0.15) is 0 Å². The number of nitrogen functional groups attached to an aromatic ring is 1. The van der Waals surface area contributed by atoms with E-state index in [2.05, 4.69) is 10.2 Å². The van der Waals surface area contributed by atoms with Crippen LogP contribution in [0, 0.1) is 11.2 Å². The van der Waals surface area contributed by atoms with Crippen LogP contribution in [0.4, 0.5) is 20.7 Å². The molecule has 1 aromatic heterocycles. The maximum Gasteiger partial charge on any atom is 0.416 e. The van der Waals surface area contributed by atoms with Crippen molar-refractivity contribution in [3.8, 4) is 0 Å². The zero-order valence-corrected chi connectivity index (χ0v) is 18.2. The highest BCUT2D eigenvalue weighted by Crippen LogP contribution is 2.36. The summed E-state index contributed by atoms with van der Waals surface area (Å²) in [6, 6.07) is 4.17. The van der Waals surface area contributed by atoms with Crippen LogP contribution >= 0.6 is 23.2 Å². The number of hydrogen-bond acceptors (Lipinski definition) is 6. The fourth-order valence-electron chi connectivity index (χ4n) is 2.94. The summed E-state index contributed by atoms with van der Waals surface area (Å²) in [5.74, 6) is -0.619. The van der Waals surface area contributed by atoms with Crippen molar-refractivity contribution >= 4 is 46.6 Å². The number of anilines is 2. The van der Waals surface area contributed by atoms with E-state index in [1.807, 2.05) is 4.90 Å². The van der Waals surface area contributed by atoms with Crippen LogP contribution < -0.4 is 15.5 Å². The van der Waals surface area contributed by atoms with Gasteiger partial charge in [0, 0.05) is 30.2 Å². The van der Waals surface area contributed by atoms with Crippen molar-refractivity contribution in [1.29, 1.82) is 5.41 Å². The lowest BCUT2D eigenvalue weighted by atomic mass is 10.1. The molecule has 8 nitrogen and oxygen atoms in total. The number of nitrogens with one attached hydrogen (secondary N) is 1. The van der Waals surface area contributed by atoms with Crippen molar-refractivity contribution < 1.29 is 13.9 Å². The van der Waals surface area contributed by atoms with Gasteiger partial charge in [0.05, 0.1) is 10.7 Å². The number of carbonyl (C=O) groups is 1. The number of amides is 1. The quantitative estimate of drug-likeness (QED) is 0.412. The van der Waals surface area contributed by atoms with Gasteiger partial charge in [0.2, 0.25) is 0 Å². The summed E-state index contributed by atoms with van der Waals surface area (Å²) < 4.78 is 19.4. The van der Waals surface area contributed by atoms with Crippen molar-refractivity contribution in [2.75, 3.05) is 22.9 Å². The molecule has 160 valence electrons. The zero-order chi connectivity index (χ0) is 22.2. The molecule has 0 atom stereocenters. The number of benzene rings is 1. The van der Waals surface area contributed by atoms with E-state index in [0.717, 1.165) is 0 Å². The molecule has 2 heterocycles. The van der Waals surface area contributed by atoms with E-state index in [-0.39, 0.29) is 35.5 Å². The van der Waals surface area contributed by atoms with Gasteiger partial charge in [-0.1, -0.05) is 23.2 Å². The normalized spacial score (nSPS) is 13.8. The number of aromatic nitrogens is 2. The third-order valence-electron chi connectivity index (χ3n) is 4.32. The van der Waals surface area contributed by atoms with Crippen LogP contribution in [0.5, 0.6) is 0 Å². The molecular weight excluding hydrogens is 434 g/mol. The number of rotatable bonds is 3. The van der Waals surface area contributed by atoms with Crippen LogP contribution in [0.15, 0.2) is 18.2 Å². The second-order valence-electron chi connectivity index (χ2n) is 7.73. The van der Waals surface area contributed by atoms with Gasteiger partial charge in [-0.05, 0) is 39.0 Å². The molecule has 0 saturated carbocycles. The number of ether oxygens (including phenoxy) is 1. The van der Waals surface area contributed by atoms with Crippen molar-refractivity contribution in [3.05, 3.63) is 45.3 Å². The maximum atomic E-state index is 14.0. The summed E-state index contributed by atoms with van der Waals surface area (Å²) in [7, 11) is 0. The first-order chi connectivity index (χ1) is 14.0. The molecule has 0 spiro atoms. The van der Waals surface area contributed by atoms with Gasteiger partial charge in [-0.25, -0.2) is 9.18 Å². The number of hydrogen-bond donors (Lipinski definition) is 2. The lowest BCUT2D eigenvalue weighted by Gasteiger charge is -2.37. The van der Waals surface area contributed by atoms with Gasteiger partial charge < -0.3 is 15.4 Å². The van der Waals surface area contributed by atoms with E-state index in [1.54, 1.807) is 26.8 Å². The molecule has 11 heteroatoms. The summed E-state index contributed by atoms with van der Waals surface area (Å²) in [5, 5.41) is 15.9. The predicted molar refractivity (Wildman–Crippen MR) is 114 cm³/mol. The first-order valence-corrected chi connectivity index (χ1v) is 9.83. The predicted octanol–water partition coefficient (Wildman–Crippen LogP) is 3.97. The van der Waals surface area contributed by atoms with Crippen LogP contribution in [-0.4, -0.2) is 40.8 Å². The van der Waals surface area contributed by atoms with Gasteiger partial charge in [-0.15, -0.1) is 10.2 Å². The number of nitrogens with zero attached hydrogens (tertiary/aromatic N) is 4. The first kappa shape index (κ1) is 22.0. The SMILES string of the molecule is CC(C)(C)OC(=O)N1CCN(Cc2c(Cl)ccc(F)c2Cl)c2cc(C(=N)N)nnc21. The van der Waals surface area contributed by atoms with Crippen molar-refractivity contribution in [3.63, 3.8) is 0 Å². The van der Waals surface area contributed by atoms with Crippen molar-refractivity contribution in [2.24, 2.45) is 5.73 Å². The molecule has 1 amide bonds. The fourth-order valence-corrected chi connectivity index (χ4v) is 3.43. The molecule has 3 N–H and O–H groups in total. The number of amidine groups is 1. The van der Waals surface area contributed by atoms with E-state index in [4.69, 9.17) is 39.1 Å². The second-order valence-corrected chi connectivity index (χ2v) is 8.51. The van der Waals surface area contributed by atoms with Crippen molar-refractivity contribution in [1.82, 2.24) is 10.2 Å². The topological polar surface area (TPSA) is 108 Å². The summed E-state index contributed by atoms with van der Waals surface area (Å²) in [5.41, 5.74) is 5.88. The zero-order valence-electron chi connectivity index (χ0n) is 16.7. The molecule has 0 unspecified atom stereocenters. The molecule has 0 bridgehead atoms. The van der Waals surface area contributed by atoms with Crippen LogP contribution in [0.3, 0.4) is 0 Å². The Labute approximate surface area is 183 Å². The van der Waals surface area contributed by atoms with Gasteiger partial charge in [-0.3, -0.25) is 10.3 Å². The van der Waals surface area contributed by atoms with Crippen LogP contribution in [0.1, 0.15) is 32.0 Å². The molecular formula is C19H21Cl2FN6O2. The summed E-state index contributed by atoms with van der Waals surface area (Å²) >= 11 is 12.4. The highest BCUT2D eigenvalue weighted by atomic mass is 35.5. The Hall–Kier alpha value is -2.65. The van der Waals surface area contributed by atoms with Gasteiger partial charge >= 0.3 is 6.09 Å². The number of nitrogens with two attached hydrogens (primary N) is 1. The van der Waals surface area contributed by atoms with Gasteiger partial charge in [0.1, 0.15) is 22.9 Å². The Morgan fingerprint density at radius 3 is 2.63 bits per heavy atom. The highest BCUT2D eigenvalue weighted by Gasteiger charge is 2.33. The maximum absolute atomic E-state index is 14.0. The summed E-state index contributed by atoms with van der Waals surface area (Å²) in [6.45, 7) is 6.06. The molecule has 0 fully saturated rings. The molecule has 1 aromatic carbocycles. The standard InChI is InChI=1S/C19H21Cl2FN6O2/c1-19(2,3)30-18(29)28-7-6-27(9-10-11(20)4-5-12(22)15(10)21)14-8-13(16(23)24)25-26-17(14)28/h4-5,8H,6-7,9H2,1-3H3,(H3,23,24). The van der Waals surface area contributed by atoms with E-state index >= 15 is 0 Å². The Morgan fingerprint density at radius 2 is 2.00 bits per heavy atom. The van der Waals surface area contributed by atoms with Crippen molar-refractivity contribution in [2.45, 2.75) is 32.9 Å². The number of fused-ring (bicyclic) bond motifs is 1. The molecule has 1 aliphatic heterocycles. The molecule has 2 aromatic rings. The van der Waals surface area contributed by atoms with Crippen LogP contribution in [-0.2, 0) is 11.3 Å². The first-order valence-electron chi connectivity index (χ1n) is 9.08. The molecule has 3 rings (SSSR count). The van der Waals surface area contributed by atoms with Crippen LogP contribution in [0.25, 0.3) is 0 Å². The molecule has 0 saturated heterocycles. The Morgan fingerprint density at radius 1 is 1.30 bits per heavy atom. The number of halogens is 3. The Kier molecular flexibility index (Phi) is 6.05. The molecule has 0 aliphatic carbocycles. The van der Waals surface area contributed by atoms with Gasteiger partial charge in [0.25, 0.3) is 0 Å². The summed E-state index contributed by atoms with van der Waals surface area (Å²) in [6.07, 6.45) is -0.574. The third-order valence-corrected chi connectivity index (χ3v) is 5.09. The van der Waals surface area contributed by atoms with Gasteiger partial charge in [0.15, 0.2) is 5.82 Å². The van der Waals surface area contributed by atoms with E-state index in [1.165, 1.54) is 17.0 Å². The molecule has 0 radical (unpaired) electrons. The Bertz CT molecular complexity index is 1010. The van der Waals surface area contributed by atoms with E-state index < -0.39 is 17.5 Å². The number of carbonyl (C=O) groups excluding carboxylic acids is 1. The average molecular weight is 455 g/mol.